The molecule has 1 aromatic heterocycles. The molecule has 0 fully saturated rings. The Hall–Kier alpha value is -2.16. The van der Waals surface area contributed by atoms with Gasteiger partial charge in [-0.25, -0.2) is 0 Å². The van der Waals surface area contributed by atoms with Crippen molar-refractivity contribution < 1.29 is 4.84 Å². The van der Waals surface area contributed by atoms with Crippen LogP contribution in [0.5, 0.6) is 0 Å². The van der Waals surface area contributed by atoms with Crippen LogP contribution in [0.3, 0.4) is 0 Å². The van der Waals surface area contributed by atoms with E-state index in [2.05, 4.69) is 16.2 Å². The molecule has 0 aliphatic heterocycles. The maximum Gasteiger partial charge on any atom is 0.136 e. The van der Waals surface area contributed by atoms with Gasteiger partial charge in [-0.2, -0.15) is 0 Å². The van der Waals surface area contributed by atoms with Gasteiger partial charge in [0.05, 0.1) is 5.69 Å². The number of aryl methyl sites for hydroxylation is 1. The van der Waals surface area contributed by atoms with Crippen molar-refractivity contribution in [2.45, 2.75) is 6.92 Å². The van der Waals surface area contributed by atoms with E-state index >= 15 is 0 Å². The second-order valence-corrected chi connectivity index (χ2v) is 3.58. The summed E-state index contributed by atoms with van der Waals surface area (Å²) in [6, 6.07) is 14.8. The van der Waals surface area contributed by atoms with E-state index in [1.165, 1.54) is 7.11 Å². The lowest BCUT2D eigenvalue weighted by Gasteiger charge is -2.05. The molecule has 0 atom stereocenters. The predicted octanol–water partition coefficient (Wildman–Crippen LogP) is 2.59. The van der Waals surface area contributed by atoms with E-state index in [4.69, 9.17) is 4.84 Å². The van der Waals surface area contributed by atoms with Crippen molar-refractivity contribution in [2.24, 2.45) is 5.16 Å². The van der Waals surface area contributed by atoms with Gasteiger partial charge in [-0.05, 0) is 30.7 Å². The van der Waals surface area contributed by atoms with Crippen LogP contribution in [0.4, 0.5) is 0 Å². The average molecular weight is 225 g/mol. The SMILES string of the molecule is CO/N=C(\c1[c]c(C)ccc1)c1ccccn1. The van der Waals surface area contributed by atoms with Crippen molar-refractivity contribution in [2.75, 3.05) is 7.11 Å². The van der Waals surface area contributed by atoms with Crippen LogP contribution in [-0.2, 0) is 4.84 Å². The topological polar surface area (TPSA) is 34.5 Å². The molecule has 1 aromatic carbocycles. The fourth-order valence-corrected chi connectivity index (χ4v) is 1.55. The number of hydrogen-bond donors (Lipinski definition) is 0. The lowest BCUT2D eigenvalue weighted by molar-refractivity contribution is 0.214. The minimum atomic E-state index is 0.691. The average Bonchev–Trinajstić information content (AvgIpc) is 2.37. The Morgan fingerprint density at radius 2 is 2.12 bits per heavy atom. The maximum absolute atomic E-state index is 4.88. The number of oxime groups is 1. The smallest absolute Gasteiger partial charge is 0.136 e. The summed E-state index contributed by atoms with van der Waals surface area (Å²) < 4.78 is 0. The summed E-state index contributed by atoms with van der Waals surface area (Å²) in [7, 11) is 1.53. The fourth-order valence-electron chi connectivity index (χ4n) is 1.55. The summed E-state index contributed by atoms with van der Waals surface area (Å²) in [5.41, 5.74) is 3.40. The largest absolute Gasteiger partial charge is 0.399 e. The second kappa shape index (κ2) is 5.25. The molecule has 1 heterocycles. The van der Waals surface area contributed by atoms with Crippen molar-refractivity contribution >= 4 is 5.71 Å². The molecule has 0 saturated heterocycles. The molecule has 0 aliphatic rings. The highest BCUT2D eigenvalue weighted by molar-refractivity contribution is 6.11. The lowest BCUT2D eigenvalue weighted by Crippen LogP contribution is -2.06. The highest BCUT2D eigenvalue weighted by Gasteiger charge is 2.09. The molecule has 0 bridgehead atoms. The van der Waals surface area contributed by atoms with Crippen molar-refractivity contribution in [3.8, 4) is 0 Å². The van der Waals surface area contributed by atoms with E-state index in [9.17, 15) is 0 Å². The molecule has 2 aromatic rings. The van der Waals surface area contributed by atoms with Crippen LogP contribution < -0.4 is 0 Å². The number of nitrogens with zero attached hydrogens (tertiary/aromatic N) is 2. The highest BCUT2D eigenvalue weighted by Crippen LogP contribution is 2.10. The number of benzene rings is 1. The molecule has 85 valence electrons. The first kappa shape index (κ1) is 11.3. The van der Waals surface area contributed by atoms with Gasteiger partial charge in [0.25, 0.3) is 0 Å². The summed E-state index contributed by atoms with van der Waals surface area (Å²) in [5, 5.41) is 4.03. The Morgan fingerprint density at radius 3 is 2.76 bits per heavy atom. The first-order valence-corrected chi connectivity index (χ1v) is 5.33. The summed E-state index contributed by atoms with van der Waals surface area (Å²) in [4.78, 5) is 9.15. The van der Waals surface area contributed by atoms with E-state index in [1.54, 1.807) is 6.20 Å². The lowest BCUT2D eigenvalue weighted by atomic mass is 10.0. The normalized spacial score (nSPS) is 11.3. The third kappa shape index (κ3) is 2.69. The van der Waals surface area contributed by atoms with Crippen LogP contribution in [0, 0.1) is 13.0 Å². The Morgan fingerprint density at radius 1 is 1.24 bits per heavy atom. The van der Waals surface area contributed by atoms with Crippen molar-refractivity contribution in [1.29, 1.82) is 0 Å². The molecule has 17 heavy (non-hydrogen) atoms. The van der Waals surface area contributed by atoms with Crippen LogP contribution in [0.2, 0.25) is 0 Å². The summed E-state index contributed by atoms with van der Waals surface area (Å²) in [6.45, 7) is 1.99. The van der Waals surface area contributed by atoms with E-state index in [-0.39, 0.29) is 0 Å². The van der Waals surface area contributed by atoms with E-state index in [0.29, 0.717) is 5.71 Å². The first-order chi connectivity index (χ1) is 8.31. The summed E-state index contributed by atoms with van der Waals surface area (Å²) in [6.07, 6.45) is 1.73. The van der Waals surface area contributed by atoms with E-state index in [1.807, 2.05) is 43.3 Å². The molecule has 0 amide bonds. The maximum atomic E-state index is 4.88. The molecular formula is C14H13N2O. The Balaban J connectivity index is 2.47. The molecule has 1 radical (unpaired) electrons. The van der Waals surface area contributed by atoms with Gasteiger partial charge in [0, 0.05) is 11.8 Å². The molecule has 3 nitrogen and oxygen atoms in total. The molecular weight excluding hydrogens is 212 g/mol. The van der Waals surface area contributed by atoms with Gasteiger partial charge in [0.1, 0.15) is 12.8 Å². The summed E-state index contributed by atoms with van der Waals surface area (Å²) in [5.74, 6) is 0. The minimum Gasteiger partial charge on any atom is -0.399 e. The van der Waals surface area contributed by atoms with Gasteiger partial charge >= 0.3 is 0 Å². The van der Waals surface area contributed by atoms with Crippen LogP contribution in [0.15, 0.2) is 47.8 Å². The van der Waals surface area contributed by atoms with Gasteiger partial charge in [0.2, 0.25) is 0 Å². The number of aromatic nitrogens is 1. The van der Waals surface area contributed by atoms with Gasteiger partial charge < -0.3 is 4.84 Å². The third-order valence-electron chi connectivity index (χ3n) is 2.29. The van der Waals surface area contributed by atoms with Gasteiger partial charge in [0.15, 0.2) is 0 Å². The van der Waals surface area contributed by atoms with Crippen molar-refractivity contribution in [1.82, 2.24) is 4.98 Å². The fraction of sp³-hybridized carbons (Fsp3) is 0.143. The van der Waals surface area contributed by atoms with Crippen molar-refractivity contribution in [3.63, 3.8) is 0 Å². The van der Waals surface area contributed by atoms with Gasteiger partial charge in [-0.1, -0.05) is 29.4 Å². The Labute approximate surface area is 101 Å². The molecule has 0 saturated carbocycles. The predicted molar refractivity (Wildman–Crippen MR) is 66.9 cm³/mol. The van der Waals surface area contributed by atoms with Crippen molar-refractivity contribution in [3.05, 3.63) is 65.5 Å². The quantitative estimate of drug-likeness (QED) is 0.594. The van der Waals surface area contributed by atoms with E-state index < -0.39 is 0 Å². The summed E-state index contributed by atoms with van der Waals surface area (Å²) >= 11 is 0. The second-order valence-electron chi connectivity index (χ2n) is 3.58. The Kier molecular flexibility index (Phi) is 3.50. The standard InChI is InChI=1S/C14H13N2O/c1-11-6-5-7-12(10-11)14(16-17-2)13-8-3-4-9-15-13/h3-9H,1-2H3/b16-14+. The van der Waals surface area contributed by atoms with Gasteiger partial charge in [-0.15, -0.1) is 0 Å². The minimum absolute atomic E-state index is 0.691. The third-order valence-corrected chi connectivity index (χ3v) is 2.29. The zero-order chi connectivity index (χ0) is 12.1. The number of rotatable bonds is 3. The molecule has 2 rings (SSSR count). The molecule has 0 spiro atoms. The highest BCUT2D eigenvalue weighted by atomic mass is 16.6. The Bertz CT molecular complexity index is 521. The molecule has 3 heteroatoms. The molecule has 0 unspecified atom stereocenters. The molecule has 0 N–H and O–H groups in total. The first-order valence-electron chi connectivity index (χ1n) is 5.33. The van der Waals surface area contributed by atoms with Gasteiger partial charge in [-0.3, -0.25) is 4.98 Å². The van der Waals surface area contributed by atoms with Crippen LogP contribution in [-0.4, -0.2) is 17.8 Å². The number of hydrogen-bond acceptors (Lipinski definition) is 3. The van der Waals surface area contributed by atoms with Crippen LogP contribution >= 0.6 is 0 Å². The molecule has 0 aliphatic carbocycles. The monoisotopic (exact) mass is 225 g/mol. The zero-order valence-corrected chi connectivity index (χ0v) is 9.84. The number of pyridine rings is 1. The zero-order valence-electron chi connectivity index (χ0n) is 9.84. The van der Waals surface area contributed by atoms with Crippen LogP contribution in [0.25, 0.3) is 0 Å². The van der Waals surface area contributed by atoms with Crippen LogP contribution in [0.1, 0.15) is 16.8 Å². The van der Waals surface area contributed by atoms with E-state index in [0.717, 1.165) is 16.8 Å².